The highest BCUT2D eigenvalue weighted by Crippen LogP contribution is 2.23. The zero-order chi connectivity index (χ0) is 17.8. The number of hydrogen-bond acceptors (Lipinski definition) is 5. The van der Waals surface area contributed by atoms with Gasteiger partial charge in [-0.2, -0.15) is 10.2 Å². The van der Waals surface area contributed by atoms with E-state index in [2.05, 4.69) is 20.2 Å². The summed E-state index contributed by atoms with van der Waals surface area (Å²) in [6.45, 7) is 2.64. The van der Waals surface area contributed by atoms with Gasteiger partial charge in [0.25, 0.3) is 0 Å². The van der Waals surface area contributed by atoms with Gasteiger partial charge in [0.2, 0.25) is 5.91 Å². The molecule has 2 aromatic heterocycles. The van der Waals surface area contributed by atoms with Crippen molar-refractivity contribution in [1.82, 2.24) is 29.5 Å². The van der Waals surface area contributed by atoms with E-state index in [1.165, 1.54) is 6.33 Å². The molecule has 2 N–H and O–H groups in total. The maximum atomic E-state index is 11.2. The molecule has 0 radical (unpaired) electrons. The number of aryl methyl sites for hydroxylation is 2. The molecule has 25 heavy (non-hydrogen) atoms. The number of nitrogens with two attached hydrogens (primary N) is 1. The van der Waals surface area contributed by atoms with Gasteiger partial charge in [-0.1, -0.05) is 17.7 Å². The van der Waals surface area contributed by atoms with Gasteiger partial charge in [0.15, 0.2) is 5.82 Å². The molecule has 9 heteroatoms. The molecular formula is C16H18ClN7O. The fourth-order valence-corrected chi connectivity index (χ4v) is 2.72. The van der Waals surface area contributed by atoms with E-state index in [4.69, 9.17) is 17.3 Å². The molecule has 130 valence electrons. The number of benzene rings is 1. The molecule has 0 saturated heterocycles. The van der Waals surface area contributed by atoms with Crippen molar-refractivity contribution in [2.75, 3.05) is 0 Å². The molecule has 0 bridgehead atoms. The average Bonchev–Trinajstić information content (AvgIpc) is 3.20. The lowest BCUT2D eigenvalue weighted by atomic mass is 10.2. The van der Waals surface area contributed by atoms with Crippen molar-refractivity contribution in [2.45, 2.75) is 32.7 Å². The van der Waals surface area contributed by atoms with Crippen LogP contribution in [-0.4, -0.2) is 35.4 Å². The molecule has 1 amide bonds. The summed E-state index contributed by atoms with van der Waals surface area (Å²) in [5, 5.41) is 9.18. The van der Waals surface area contributed by atoms with Gasteiger partial charge in [-0.15, -0.1) is 0 Å². The van der Waals surface area contributed by atoms with Crippen molar-refractivity contribution in [1.29, 1.82) is 0 Å². The van der Waals surface area contributed by atoms with Gasteiger partial charge in [0, 0.05) is 18.0 Å². The minimum atomic E-state index is -0.464. The highest BCUT2D eigenvalue weighted by atomic mass is 35.5. The first kappa shape index (κ1) is 17.1. The predicted molar refractivity (Wildman–Crippen MR) is 92.3 cm³/mol. The maximum absolute atomic E-state index is 11.2. The molecule has 0 aliphatic heterocycles. The van der Waals surface area contributed by atoms with Crippen LogP contribution in [0.25, 0.3) is 5.69 Å². The standard InChI is InChI=1S/C16H18ClN7O/c1-11-12(17)4-2-5-13(11)24-16(21-15(22-24)8-14(18)25)6-3-7-23-10-19-9-20-23/h2,4-5,9-10H,3,6-8H2,1H3,(H2,18,25). The van der Waals surface area contributed by atoms with E-state index >= 15 is 0 Å². The van der Waals surface area contributed by atoms with Crippen molar-refractivity contribution >= 4 is 17.5 Å². The summed E-state index contributed by atoms with van der Waals surface area (Å²) in [5.74, 6) is 0.693. The topological polar surface area (TPSA) is 105 Å². The van der Waals surface area contributed by atoms with Gasteiger partial charge >= 0.3 is 0 Å². The van der Waals surface area contributed by atoms with E-state index in [0.717, 1.165) is 23.5 Å². The lowest BCUT2D eigenvalue weighted by molar-refractivity contribution is -0.117. The van der Waals surface area contributed by atoms with Crippen LogP contribution in [0.2, 0.25) is 5.02 Å². The SMILES string of the molecule is Cc1c(Cl)cccc1-n1nc(CC(N)=O)nc1CCCn1cncn1. The number of primary amides is 1. The van der Waals surface area contributed by atoms with E-state index in [-0.39, 0.29) is 6.42 Å². The lowest BCUT2D eigenvalue weighted by Gasteiger charge is -2.10. The fraction of sp³-hybridized carbons (Fsp3) is 0.312. The Kier molecular flexibility index (Phi) is 5.08. The molecule has 0 aliphatic carbocycles. The van der Waals surface area contributed by atoms with E-state index in [1.807, 2.05) is 25.1 Å². The normalized spacial score (nSPS) is 11.0. The van der Waals surface area contributed by atoms with E-state index in [1.54, 1.807) is 15.7 Å². The van der Waals surface area contributed by atoms with Crippen LogP contribution in [0.5, 0.6) is 0 Å². The van der Waals surface area contributed by atoms with Crippen molar-refractivity contribution in [3.05, 3.63) is 53.1 Å². The molecule has 2 heterocycles. The zero-order valence-corrected chi connectivity index (χ0v) is 14.5. The summed E-state index contributed by atoms with van der Waals surface area (Å²) in [4.78, 5) is 19.6. The van der Waals surface area contributed by atoms with Crippen LogP contribution in [0.4, 0.5) is 0 Å². The first-order valence-electron chi connectivity index (χ1n) is 7.85. The third kappa shape index (κ3) is 4.03. The number of rotatable bonds is 7. The van der Waals surface area contributed by atoms with Gasteiger partial charge < -0.3 is 5.73 Å². The summed E-state index contributed by atoms with van der Waals surface area (Å²) >= 11 is 6.22. The molecule has 0 unspecified atom stereocenters. The van der Waals surface area contributed by atoms with Crippen molar-refractivity contribution < 1.29 is 4.79 Å². The average molecular weight is 360 g/mol. The van der Waals surface area contributed by atoms with Crippen molar-refractivity contribution in [3.8, 4) is 5.69 Å². The Morgan fingerprint density at radius 1 is 1.36 bits per heavy atom. The summed E-state index contributed by atoms with van der Waals surface area (Å²) < 4.78 is 3.50. The minimum absolute atomic E-state index is 0.00267. The number of nitrogens with zero attached hydrogens (tertiary/aromatic N) is 6. The quantitative estimate of drug-likeness (QED) is 0.688. The third-order valence-corrected chi connectivity index (χ3v) is 4.18. The van der Waals surface area contributed by atoms with E-state index in [9.17, 15) is 4.79 Å². The Hall–Kier alpha value is -2.74. The van der Waals surface area contributed by atoms with E-state index < -0.39 is 5.91 Å². The van der Waals surface area contributed by atoms with Crippen LogP contribution in [0.15, 0.2) is 30.9 Å². The Morgan fingerprint density at radius 2 is 2.20 bits per heavy atom. The van der Waals surface area contributed by atoms with Crippen molar-refractivity contribution in [3.63, 3.8) is 0 Å². The molecule has 0 fully saturated rings. The Labute approximate surface area is 149 Å². The number of amides is 1. The van der Waals surface area contributed by atoms with E-state index in [0.29, 0.717) is 23.8 Å². The predicted octanol–water partition coefficient (Wildman–Crippen LogP) is 1.48. The maximum Gasteiger partial charge on any atom is 0.225 e. The number of halogens is 1. The summed E-state index contributed by atoms with van der Waals surface area (Å²) in [6, 6.07) is 5.61. The second-order valence-electron chi connectivity index (χ2n) is 5.65. The third-order valence-electron chi connectivity index (χ3n) is 3.77. The number of aromatic nitrogens is 6. The minimum Gasteiger partial charge on any atom is -0.369 e. The number of hydrogen-bond donors (Lipinski definition) is 1. The van der Waals surface area contributed by atoms with Gasteiger partial charge in [0.1, 0.15) is 18.5 Å². The van der Waals surface area contributed by atoms with Gasteiger partial charge in [-0.05, 0) is 31.0 Å². The smallest absolute Gasteiger partial charge is 0.225 e. The summed E-state index contributed by atoms with van der Waals surface area (Å²) in [5.41, 5.74) is 7.01. The first-order chi connectivity index (χ1) is 12.0. The van der Waals surface area contributed by atoms with Gasteiger partial charge in [-0.25, -0.2) is 14.6 Å². The van der Waals surface area contributed by atoms with Crippen LogP contribution in [0, 0.1) is 6.92 Å². The summed E-state index contributed by atoms with van der Waals surface area (Å²) in [6.07, 6.45) is 4.64. The number of carbonyl (C=O) groups excluding carboxylic acids is 1. The first-order valence-corrected chi connectivity index (χ1v) is 8.23. The van der Waals surface area contributed by atoms with Crippen LogP contribution >= 0.6 is 11.6 Å². The lowest BCUT2D eigenvalue weighted by Crippen LogP contribution is -2.14. The highest BCUT2D eigenvalue weighted by Gasteiger charge is 2.15. The fourth-order valence-electron chi connectivity index (χ4n) is 2.55. The van der Waals surface area contributed by atoms with Crippen LogP contribution in [0.3, 0.4) is 0 Å². The molecule has 0 aliphatic rings. The highest BCUT2D eigenvalue weighted by molar-refractivity contribution is 6.31. The van der Waals surface area contributed by atoms with Crippen LogP contribution in [0.1, 0.15) is 23.6 Å². The van der Waals surface area contributed by atoms with Crippen LogP contribution < -0.4 is 5.73 Å². The molecule has 0 saturated carbocycles. The summed E-state index contributed by atoms with van der Waals surface area (Å²) in [7, 11) is 0. The zero-order valence-electron chi connectivity index (χ0n) is 13.8. The molecule has 8 nitrogen and oxygen atoms in total. The Bertz CT molecular complexity index is 873. The monoisotopic (exact) mass is 359 g/mol. The second kappa shape index (κ2) is 7.43. The Morgan fingerprint density at radius 3 is 2.92 bits per heavy atom. The molecule has 3 aromatic rings. The molecule has 0 atom stereocenters. The van der Waals surface area contributed by atoms with Crippen LogP contribution in [-0.2, 0) is 24.2 Å². The van der Waals surface area contributed by atoms with Gasteiger partial charge in [0.05, 0.1) is 12.1 Å². The Balaban J connectivity index is 1.87. The van der Waals surface area contributed by atoms with Crippen molar-refractivity contribution in [2.24, 2.45) is 5.73 Å². The second-order valence-corrected chi connectivity index (χ2v) is 6.05. The molecule has 0 spiro atoms. The largest absolute Gasteiger partial charge is 0.369 e. The van der Waals surface area contributed by atoms with Gasteiger partial charge in [-0.3, -0.25) is 9.48 Å². The molecular weight excluding hydrogens is 342 g/mol. The molecule has 3 rings (SSSR count). The molecule has 1 aromatic carbocycles. The number of carbonyl (C=O) groups is 1.